The molecule has 7 nitrogen and oxygen atoms in total. The Morgan fingerprint density at radius 3 is 2.44 bits per heavy atom. The summed E-state index contributed by atoms with van der Waals surface area (Å²) in [5, 5.41) is 8.57. The van der Waals surface area contributed by atoms with Crippen molar-refractivity contribution in [2.45, 2.75) is 6.92 Å². The standard InChI is InChI=1S/C5H6O2.C3H3NO2.ClH.H3NO/c1-3-5(6)7-4-2;5-3-1-2-6-4-3;;1-2/h1H,4H2,2H3;1-2H,(H,4,5);1H;2H,1H2. The summed E-state index contributed by atoms with van der Waals surface area (Å²) in [5.74, 6) is 4.71. The molecule has 1 aromatic rings. The van der Waals surface area contributed by atoms with Gasteiger partial charge in [-0.1, -0.05) is 0 Å². The molecule has 0 spiro atoms. The fourth-order valence-corrected chi connectivity index (χ4v) is 0.395. The number of aromatic amines is 1. The lowest BCUT2D eigenvalue weighted by molar-refractivity contribution is -0.136. The summed E-state index contributed by atoms with van der Waals surface area (Å²) in [6, 6.07) is 1.31. The average Bonchev–Trinajstić information content (AvgIpc) is 2.73. The molecule has 0 aliphatic heterocycles. The van der Waals surface area contributed by atoms with Gasteiger partial charge in [0.15, 0.2) is 0 Å². The fourth-order valence-electron chi connectivity index (χ4n) is 0.395. The van der Waals surface area contributed by atoms with Crippen molar-refractivity contribution in [2.24, 2.45) is 5.90 Å². The lowest BCUT2D eigenvalue weighted by atomic mass is 10.7. The van der Waals surface area contributed by atoms with Gasteiger partial charge in [-0.15, -0.1) is 18.8 Å². The maximum absolute atomic E-state index is 9.95. The van der Waals surface area contributed by atoms with E-state index in [-0.39, 0.29) is 18.0 Å². The van der Waals surface area contributed by atoms with Gasteiger partial charge < -0.3 is 14.5 Å². The third-order valence-corrected chi connectivity index (χ3v) is 0.840. The Balaban J connectivity index is -0.000000174. The second-order valence-electron chi connectivity index (χ2n) is 1.75. The predicted octanol–water partition coefficient (Wildman–Crippen LogP) is -0.0933. The minimum Gasteiger partial charge on any atom is -0.456 e. The molecule has 0 fully saturated rings. The van der Waals surface area contributed by atoms with Crippen LogP contribution >= 0.6 is 12.4 Å². The number of halogens is 1. The Morgan fingerprint density at radius 1 is 1.75 bits per heavy atom. The van der Waals surface area contributed by atoms with Gasteiger partial charge in [-0.3, -0.25) is 4.79 Å². The summed E-state index contributed by atoms with van der Waals surface area (Å²) in [6.07, 6.45) is 5.93. The first-order valence-corrected chi connectivity index (χ1v) is 3.72. The number of nitrogens with two attached hydrogens (primary N) is 1. The smallest absolute Gasteiger partial charge is 0.384 e. The third-order valence-electron chi connectivity index (χ3n) is 0.840. The molecule has 1 heterocycles. The Kier molecular flexibility index (Phi) is 19.4. The minimum atomic E-state index is -0.595. The fraction of sp³-hybridized carbons (Fsp3) is 0.250. The molecule has 0 radical (unpaired) electrons. The van der Waals surface area contributed by atoms with E-state index >= 15 is 0 Å². The van der Waals surface area contributed by atoms with Gasteiger partial charge >= 0.3 is 5.97 Å². The van der Waals surface area contributed by atoms with Crippen LogP contribution in [0.1, 0.15) is 6.92 Å². The zero-order chi connectivity index (χ0) is 12.1. The van der Waals surface area contributed by atoms with Crippen LogP contribution in [0, 0.1) is 12.3 Å². The Morgan fingerprint density at radius 2 is 2.31 bits per heavy atom. The van der Waals surface area contributed by atoms with Crippen LogP contribution in [0.3, 0.4) is 0 Å². The molecule has 0 aliphatic carbocycles. The molecule has 0 aromatic carbocycles. The first-order chi connectivity index (χ1) is 7.20. The number of carbonyl (C=O) groups is 1. The number of hydrogen-bond donors (Lipinski definition) is 3. The molecular formula is C8H13ClN2O5. The molecule has 16 heavy (non-hydrogen) atoms. The van der Waals surface area contributed by atoms with Gasteiger partial charge in [0.1, 0.15) is 6.26 Å². The molecule has 0 aliphatic rings. The van der Waals surface area contributed by atoms with Crippen LogP contribution in [0.25, 0.3) is 0 Å². The highest BCUT2D eigenvalue weighted by Gasteiger charge is 1.87. The van der Waals surface area contributed by atoms with Crippen molar-refractivity contribution in [3.63, 3.8) is 0 Å². The van der Waals surface area contributed by atoms with Crippen LogP contribution in [0.2, 0.25) is 0 Å². The maximum atomic E-state index is 9.95. The van der Waals surface area contributed by atoms with Crippen molar-refractivity contribution in [1.29, 1.82) is 0 Å². The van der Waals surface area contributed by atoms with E-state index in [1.54, 1.807) is 12.8 Å². The van der Waals surface area contributed by atoms with E-state index in [1.807, 2.05) is 0 Å². The summed E-state index contributed by atoms with van der Waals surface area (Å²) in [7, 11) is 0. The first kappa shape index (κ1) is 19.8. The summed E-state index contributed by atoms with van der Waals surface area (Å²) < 4.78 is 8.59. The number of ether oxygens (including phenoxy) is 1. The second kappa shape index (κ2) is 15.7. The molecule has 0 amide bonds. The molecular weight excluding hydrogens is 240 g/mol. The third kappa shape index (κ3) is 14.8. The predicted molar refractivity (Wildman–Crippen MR) is 58.0 cm³/mol. The Bertz CT molecular complexity index is 324. The molecule has 1 aromatic heterocycles. The number of H-pyrrole nitrogens is 1. The van der Waals surface area contributed by atoms with Crippen LogP contribution in [0.5, 0.6) is 0 Å². The van der Waals surface area contributed by atoms with Gasteiger partial charge in [0.25, 0.3) is 5.56 Å². The summed E-state index contributed by atoms with van der Waals surface area (Å²) in [5.41, 5.74) is -0.199. The monoisotopic (exact) mass is 252 g/mol. The Labute approximate surface area is 97.9 Å². The van der Waals surface area contributed by atoms with Gasteiger partial charge in [0.05, 0.1) is 6.61 Å². The number of aromatic nitrogens is 1. The summed E-state index contributed by atoms with van der Waals surface area (Å²) >= 11 is 0. The van der Waals surface area contributed by atoms with E-state index in [9.17, 15) is 9.59 Å². The number of carbonyl (C=O) groups excluding carboxylic acids is 1. The molecule has 0 unspecified atom stereocenters. The van der Waals surface area contributed by atoms with Crippen molar-refractivity contribution in [1.82, 2.24) is 5.16 Å². The van der Waals surface area contributed by atoms with Crippen LogP contribution < -0.4 is 11.5 Å². The minimum absolute atomic E-state index is 0. The molecule has 0 atom stereocenters. The van der Waals surface area contributed by atoms with Crippen molar-refractivity contribution in [3.05, 3.63) is 22.7 Å². The zero-order valence-corrected chi connectivity index (χ0v) is 9.32. The largest absolute Gasteiger partial charge is 0.456 e. The SMILES string of the molecule is C#CC(=O)OCC.Cl.NO.O=c1cco[nH]1. The molecule has 8 heteroatoms. The van der Waals surface area contributed by atoms with Crippen LogP contribution in [0.4, 0.5) is 0 Å². The Hall–Kier alpha value is -1.75. The average molecular weight is 253 g/mol. The van der Waals surface area contributed by atoms with Gasteiger partial charge in [0, 0.05) is 12.0 Å². The van der Waals surface area contributed by atoms with Crippen LogP contribution in [-0.2, 0) is 9.53 Å². The normalized spacial score (nSPS) is 6.62. The second-order valence-corrected chi connectivity index (χ2v) is 1.75. The number of terminal acetylenes is 1. The quantitative estimate of drug-likeness (QED) is 0.278. The highest BCUT2D eigenvalue weighted by Crippen LogP contribution is 1.70. The molecule has 1 rings (SSSR count). The molecule has 0 saturated heterocycles. The number of rotatable bonds is 1. The van der Waals surface area contributed by atoms with Gasteiger partial charge in [0.2, 0.25) is 0 Å². The molecule has 4 N–H and O–H groups in total. The van der Waals surface area contributed by atoms with E-state index in [0.29, 0.717) is 6.61 Å². The van der Waals surface area contributed by atoms with Gasteiger partial charge in [-0.05, 0) is 6.92 Å². The van der Waals surface area contributed by atoms with Gasteiger partial charge in [-0.25, -0.2) is 10.7 Å². The highest BCUT2D eigenvalue weighted by atomic mass is 35.5. The highest BCUT2D eigenvalue weighted by molar-refractivity contribution is 5.87. The lowest BCUT2D eigenvalue weighted by Crippen LogP contribution is -1.98. The van der Waals surface area contributed by atoms with Crippen molar-refractivity contribution >= 4 is 18.4 Å². The van der Waals surface area contributed by atoms with Crippen molar-refractivity contribution in [3.8, 4) is 12.3 Å². The van der Waals surface area contributed by atoms with E-state index in [1.165, 1.54) is 12.3 Å². The summed E-state index contributed by atoms with van der Waals surface area (Å²) in [6.45, 7) is 2.05. The van der Waals surface area contributed by atoms with E-state index in [2.05, 4.69) is 26.7 Å². The van der Waals surface area contributed by atoms with E-state index in [4.69, 9.17) is 5.21 Å². The van der Waals surface area contributed by atoms with Gasteiger partial charge in [-0.2, -0.15) is 5.16 Å². The van der Waals surface area contributed by atoms with Crippen LogP contribution in [-0.4, -0.2) is 22.9 Å². The van der Waals surface area contributed by atoms with Crippen molar-refractivity contribution in [2.75, 3.05) is 6.61 Å². The molecule has 0 bridgehead atoms. The number of nitrogens with one attached hydrogen (secondary N) is 1. The zero-order valence-electron chi connectivity index (χ0n) is 8.50. The summed E-state index contributed by atoms with van der Waals surface area (Å²) in [4.78, 5) is 19.9. The maximum Gasteiger partial charge on any atom is 0.384 e. The van der Waals surface area contributed by atoms with Crippen LogP contribution in [0.15, 0.2) is 21.6 Å². The first-order valence-electron chi connectivity index (χ1n) is 3.72. The topological polar surface area (TPSA) is 119 Å². The molecule has 92 valence electrons. The lowest BCUT2D eigenvalue weighted by Gasteiger charge is -1.88. The number of hydrogen-bond acceptors (Lipinski definition) is 6. The van der Waals surface area contributed by atoms with Crippen molar-refractivity contribution < 1.29 is 19.3 Å². The molecule has 0 saturated carbocycles. The number of esters is 1. The van der Waals surface area contributed by atoms with E-state index in [0.717, 1.165) is 0 Å². The van der Waals surface area contributed by atoms with E-state index < -0.39 is 5.97 Å².